The molecule has 3 rings (SSSR count). The Morgan fingerprint density at radius 2 is 1.95 bits per heavy atom. The molecule has 1 aliphatic carbocycles. The fourth-order valence-electron chi connectivity index (χ4n) is 2.08. The van der Waals surface area contributed by atoms with Gasteiger partial charge in [0, 0.05) is 13.1 Å². The van der Waals surface area contributed by atoms with Crippen LogP contribution in [0.3, 0.4) is 0 Å². The van der Waals surface area contributed by atoms with Crippen LogP contribution >= 0.6 is 0 Å². The Morgan fingerprint density at radius 1 is 1.32 bits per heavy atom. The first-order valence-corrected chi connectivity index (χ1v) is 6.96. The van der Waals surface area contributed by atoms with E-state index in [-0.39, 0.29) is 11.6 Å². The van der Waals surface area contributed by atoms with E-state index in [1.54, 1.807) is 0 Å². The summed E-state index contributed by atoms with van der Waals surface area (Å²) in [5, 5.41) is 18.1. The van der Waals surface area contributed by atoms with E-state index >= 15 is 0 Å². The number of nitrogens with zero attached hydrogens (tertiary/aromatic N) is 5. The standard InChI is InChI=1S/C11H10FN5O3.C2H6/c1-15-11(18)16(14-13-15)9-5-10(17(19)20)8(12)4-7(9)6-2-3-6;1-2/h4-6H,2-3H2,1H3;1-2H3. The highest BCUT2D eigenvalue weighted by atomic mass is 19.1. The van der Waals surface area contributed by atoms with Gasteiger partial charge in [0.05, 0.1) is 10.6 Å². The zero-order valence-corrected chi connectivity index (χ0v) is 12.5. The van der Waals surface area contributed by atoms with Gasteiger partial charge in [-0.2, -0.15) is 13.8 Å². The second-order valence-electron chi connectivity index (χ2n) is 4.69. The number of nitro benzene ring substituents is 1. The molecule has 0 N–H and O–H groups in total. The van der Waals surface area contributed by atoms with Crippen LogP contribution < -0.4 is 5.69 Å². The van der Waals surface area contributed by atoms with E-state index in [0.717, 1.165) is 34.3 Å². The van der Waals surface area contributed by atoms with E-state index in [0.29, 0.717) is 5.56 Å². The van der Waals surface area contributed by atoms with E-state index in [2.05, 4.69) is 10.4 Å². The molecule has 0 amide bonds. The largest absolute Gasteiger partial charge is 0.368 e. The smallest absolute Gasteiger partial charge is 0.258 e. The summed E-state index contributed by atoms with van der Waals surface area (Å²) in [6.45, 7) is 4.00. The Hall–Kier alpha value is -2.58. The Bertz CT molecular complexity index is 764. The van der Waals surface area contributed by atoms with Crippen LogP contribution in [0, 0.1) is 15.9 Å². The highest BCUT2D eigenvalue weighted by Gasteiger charge is 2.31. The fourth-order valence-corrected chi connectivity index (χ4v) is 2.08. The van der Waals surface area contributed by atoms with E-state index in [1.165, 1.54) is 7.05 Å². The third-order valence-corrected chi connectivity index (χ3v) is 3.26. The normalized spacial score (nSPS) is 13.5. The predicted octanol–water partition coefficient (Wildman–Crippen LogP) is 1.92. The van der Waals surface area contributed by atoms with Crippen molar-refractivity contribution in [2.75, 3.05) is 0 Å². The van der Waals surface area contributed by atoms with Crippen LogP contribution in [0.2, 0.25) is 0 Å². The van der Waals surface area contributed by atoms with E-state index in [9.17, 15) is 19.3 Å². The molecule has 1 heterocycles. The maximum atomic E-state index is 13.7. The lowest BCUT2D eigenvalue weighted by Crippen LogP contribution is -2.23. The average Bonchev–Trinajstić information content (AvgIpc) is 3.29. The molecule has 22 heavy (non-hydrogen) atoms. The van der Waals surface area contributed by atoms with Crippen molar-refractivity contribution in [1.82, 2.24) is 19.8 Å². The van der Waals surface area contributed by atoms with Gasteiger partial charge in [0.1, 0.15) is 0 Å². The highest BCUT2D eigenvalue weighted by Crippen LogP contribution is 2.43. The van der Waals surface area contributed by atoms with Crippen LogP contribution in [0.5, 0.6) is 0 Å². The summed E-state index contributed by atoms with van der Waals surface area (Å²) in [6.07, 6.45) is 1.72. The number of halogens is 1. The number of aryl methyl sites for hydroxylation is 1. The monoisotopic (exact) mass is 309 g/mol. The topological polar surface area (TPSA) is 95.8 Å². The van der Waals surface area contributed by atoms with Crippen molar-refractivity contribution in [3.8, 4) is 5.69 Å². The third-order valence-electron chi connectivity index (χ3n) is 3.26. The Kier molecular flexibility index (Phi) is 4.34. The second-order valence-corrected chi connectivity index (χ2v) is 4.69. The quantitative estimate of drug-likeness (QED) is 0.637. The van der Waals surface area contributed by atoms with Crippen LogP contribution in [0.15, 0.2) is 16.9 Å². The minimum absolute atomic E-state index is 0.106. The molecule has 0 atom stereocenters. The Balaban J connectivity index is 0.000000847. The number of hydrogen-bond donors (Lipinski definition) is 0. The summed E-state index contributed by atoms with van der Waals surface area (Å²) < 4.78 is 15.7. The number of hydrogen-bond acceptors (Lipinski definition) is 5. The lowest BCUT2D eigenvalue weighted by Gasteiger charge is -2.07. The van der Waals surface area contributed by atoms with Crippen molar-refractivity contribution in [3.05, 3.63) is 44.1 Å². The maximum Gasteiger partial charge on any atom is 0.368 e. The van der Waals surface area contributed by atoms with Crippen LogP contribution in [0.25, 0.3) is 5.69 Å². The van der Waals surface area contributed by atoms with Gasteiger partial charge in [-0.3, -0.25) is 10.1 Å². The molecule has 2 aromatic rings. The van der Waals surface area contributed by atoms with Crippen molar-refractivity contribution < 1.29 is 9.31 Å². The molecule has 0 aliphatic heterocycles. The maximum absolute atomic E-state index is 13.7. The van der Waals surface area contributed by atoms with Crippen molar-refractivity contribution in [2.45, 2.75) is 32.6 Å². The van der Waals surface area contributed by atoms with Crippen molar-refractivity contribution >= 4 is 5.69 Å². The molecule has 1 aliphatic rings. The van der Waals surface area contributed by atoms with Gasteiger partial charge in [0.25, 0.3) is 0 Å². The van der Waals surface area contributed by atoms with Gasteiger partial charge < -0.3 is 0 Å². The van der Waals surface area contributed by atoms with Gasteiger partial charge in [0.15, 0.2) is 0 Å². The highest BCUT2D eigenvalue weighted by molar-refractivity contribution is 5.52. The second kappa shape index (κ2) is 6.04. The van der Waals surface area contributed by atoms with E-state index in [4.69, 9.17) is 0 Å². The molecule has 0 bridgehead atoms. The number of nitro groups is 1. The molecule has 1 aromatic carbocycles. The summed E-state index contributed by atoms with van der Waals surface area (Å²) in [5.41, 5.74) is -0.441. The minimum atomic E-state index is -0.905. The van der Waals surface area contributed by atoms with Gasteiger partial charge in [0.2, 0.25) is 5.82 Å². The molecule has 9 heteroatoms. The summed E-state index contributed by atoms with van der Waals surface area (Å²) in [5.74, 6) is -0.799. The predicted molar refractivity (Wildman–Crippen MR) is 76.5 cm³/mol. The van der Waals surface area contributed by atoms with Crippen molar-refractivity contribution in [1.29, 1.82) is 0 Å². The molecule has 1 aromatic heterocycles. The van der Waals surface area contributed by atoms with Crippen LogP contribution in [0.1, 0.15) is 38.2 Å². The van der Waals surface area contributed by atoms with Crippen LogP contribution in [-0.4, -0.2) is 24.7 Å². The molecular weight excluding hydrogens is 293 g/mol. The van der Waals surface area contributed by atoms with E-state index < -0.39 is 22.1 Å². The molecule has 0 unspecified atom stereocenters. The molecular formula is C13H16FN5O3. The van der Waals surface area contributed by atoms with Crippen LogP contribution in [0.4, 0.5) is 10.1 Å². The zero-order chi connectivity index (χ0) is 16.4. The first-order chi connectivity index (χ1) is 10.5. The number of benzene rings is 1. The van der Waals surface area contributed by atoms with Crippen molar-refractivity contribution in [3.63, 3.8) is 0 Å². The molecule has 8 nitrogen and oxygen atoms in total. The Morgan fingerprint density at radius 3 is 2.41 bits per heavy atom. The molecule has 0 radical (unpaired) electrons. The number of tetrazole rings is 1. The average molecular weight is 309 g/mol. The SMILES string of the molecule is CC.Cn1nnn(-c2cc([N+](=O)[O-])c(F)cc2C2CC2)c1=O. The summed E-state index contributed by atoms with van der Waals surface area (Å²) in [4.78, 5) is 21.9. The van der Waals surface area contributed by atoms with Gasteiger partial charge in [-0.1, -0.05) is 13.8 Å². The third kappa shape index (κ3) is 2.74. The molecule has 1 saturated carbocycles. The van der Waals surface area contributed by atoms with Crippen LogP contribution in [-0.2, 0) is 7.05 Å². The Labute approximate surface area is 125 Å². The summed E-state index contributed by atoms with van der Waals surface area (Å²) in [7, 11) is 1.42. The first kappa shape index (κ1) is 15.8. The summed E-state index contributed by atoms with van der Waals surface area (Å²) in [6, 6.07) is 2.16. The van der Waals surface area contributed by atoms with Gasteiger partial charge in [-0.05, 0) is 40.8 Å². The molecule has 118 valence electrons. The van der Waals surface area contributed by atoms with Gasteiger partial charge in [-0.15, -0.1) is 0 Å². The molecule has 0 spiro atoms. The minimum Gasteiger partial charge on any atom is -0.258 e. The lowest BCUT2D eigenvalue weighted by atomic mass is 10.1. The molecule has 1 fully saturated rings. The summed E-state index contributed by atoms with van der Waals surface area (Å²) >= 11 is 0. The van der Waals surface area contributed by atoms with Gasteiger partial charge in [-0.25, -0.2) is 4.79 Å². The van der Waals surface area contributed by atoms with Gasteiger partial charge >= 0.3 is 11.4 Å². The number of rotatable bonds is 3. The number of aromatic nitrogens is 4. The first-order valence-electron chi connectivity index (χ1n) is 6.96. The molecule has 0 saturated heterocycles. The van der Waals surface area contributed by atoms with E-state index in [1.807, 2.05) is 13.8 Å². The van der Waals surface area contributed by atoms with Crippen molar-refractivity contribution in [2.24, 2.45) is 7.05 Å². The lowest BCUT2D eigenvalue weighted by molar-refractivity contribution is -0.387. The zero-order valence-electron chi connectivity index (χ0n) is 12.5. The fraction of sp³-hybridized carbons (Fsp3) is 0.462.